The lowest BCUT2D eigenvalue weighted by Crippen LogP contribution is -2.39. The van der Waals surface area contributed by atoms with Gasteiger partial charge in [-0.1, -0.05) is 0 Å². The normalized spacial score (nSPS) is 15.8. The molecule has 0 bridgehead atoms. The molecule has 0 aromatic carbocycles. The molecule has 1 aliphatic carbocycles. The number of nitrogen functional groups attached to an aromatic ring is 1. The molecular formula is C10H12FN3O. The number of hydrogen-bond donors (Lipinski definition) is 2. The first-order chi connectivity index (χ1) is 7.16. The van der Waals surface area contributed by atoms with Crippen molar-refractivity contribution in [2.75, 3.05) is 5.73 Å². The number of rotatable bonds is 2. The molecule has 15 heavy (non-hydrogen) atoms. The summed E-state index contributed by atoms with van der Waals surface area (Å²) in [6.45, 7) is 0. The van der Waals surface area contributed by atoms with Crippen molar-refractivity contribution in [3.8, 4) is 0 Å². The minimum atomic E-state index is -0.553. The van der Waals surface area contributed by atoms with Crippen LogP contribution in [0.15, 0.2) is 12.3 Å². The number of aromatic nitrogens is 1. The number of carbonyl (C=O) groups is 1. The molecule has 3 N–H and O–H groups in total. The van der Waals surface area contributed by atoms with Crippen LogP contribution in [0.3, 0.4) is 0 Å². The summed E-state index contributed by atoms with van der Waals surface area (Å²) in [5.74, 6) is -0.833. The minimum absolute atomic E-state index is 0.0632. The molecule has 0 saturated heterocycles. The maximum atomic E-state index is 12.8. The van der Waals surface area contributed by atoms with Gasteiger partial charge in [0.25, 0.3) is 5.91 Å². The van der Waals surface area contributed by atoms with Gasteiger partial charge in [-0.2, -0.15) is 0 Å². The average molecular weight is 209 g/mol. The summed E-state index contributed by atoms with van der Waals surface area (Å²) in [5, 5.41) is 2.78. The number of carbonyl (C=O) groups excluding carboxylic acids is 1. The van der Waals surface area contributed by atoms with Crippen molar-refractivity contribution in [3.05, 3.63) is 23.6 Å². The molecule has 4 nitrogen and oxygen atoms in total. The Morgan fingerprint density at radius 3 is 2.93 bits per heavy atom. The molecule has 5 heteroatoms. The second kappa shape index (κ2) is 3.84. The van der Waals surface area contributed by atoms with E-state index in [-0.39, 0.29) is 23.3 Å². The highest BCUT2D eigenvalue weighted by Crippen LogP contribution is 2.19. The predicted octanol–water partition coefficient (Wildman–Crippen LogP) is 1.09. The summed E-state index contributed by atoms with van der Waals surface area (Å²) in [6.07, 6.45) is 4.08. The van der Waals surface area contributed by atoms with Gasteiger partial charge in [0.1, 0.15) is 11.6 Å². The van der Waals surface area contributed by atoms with Crippen molar-refractivity contribution < 1.29 is 9.18 Å². The van der Waals surface area contributed by atoms with Crippen molar-refractivity contribution >= 4 is 11.7 Å². The van der Waals surface area contributed by atoms with Gasteiger partial charge in [-0.25, -0.2) is 9.37 Å². The molecule has 0 aliphatic heterocycles. The number of nitrogens with zero attached hydrogens (tertiary/aromatic N) is 1. The Balaban J connectivity index is 2.12. The van der Waals surface area contributed by atoms with E-state index in [1.54, 1.807) is 0 Å². The summed E-state index contributed by atoms with van der Waals surface area (Å²) in [7, 11) is 0. The monoisotopic (exact) mass is 209 g/mol. The van der Waals surface area contributed by atoms with Gasteiger partial charge in [0, 0.05) is 6.04 Å². The molecule has 2 rings (SSSR count). The summed E-state index contributed by atoms with van der Waals surface area (Å²) >= 11 is 0. The van der Waals surface area contributed by atoms with Crippen LogP contribution < -0.4 is 11.1 Å². The fourth-order valence-corrected chi connectivity index (χ4v) is 1.45. The second-order valence-electron chi connectivity index (χ2n) is 3.69. The number of halogens is 1. The Bertz CT molecular complexity index is 390. The zero-order chi connectivity index (χ0) is 10.8. The fraction of sp³-hybridized carbons (Fsp3) is 0.400. The van der Waals surface area contributed by atoms with Crippen molar-refractivity contribution in [1.82, 2.24) is 10.3 Å². The van der Waals surface area contributed by atoms with Crippen LogP contribution in [0.1, 0.15) is 29.6 Å². The van der Waals surface area contributed by atoms with E-state index in [9.17, 15) is 9.18 Å². The largest absolute Gasteiger partial charge is 0.383 e. The molecule has 0 unspecified atom stereocenters. The Morgan fingerprint density at radius 1 is 1.60 bits per heavy atom. The Hall–Kier alpha value is -1.65. The Morgan fingerprint density at radius 2 is 2.33 bits per heavy atom. The molecule has 1 fully saturated rings. The lowest BCUT2D eigenvalue weighted by molar-refractivity contribution is 0.0917. The highest BCUT2D eigenvalue weighted by Gasteiger charge is 2.21. The Kier molecular flexibility index (Phi) is 2.53. The zero-order valence-electron chi connectivity index (χ0n) is 8.16. The van der Waals surface area contributed by atoms with E-state index >= 15 is 0 Å². The predicted molar refractivity (Wildman–Crippen MR) is 53.7 cm³/mol. The number of amides is 1. The van der Waals surface area contributed by atoms with E-state index < -0.39 is 5.82 Å². The van der Waals surface area contributed by atoms with Crippen LogP contribution >= 0.6 is 0 Å². The van der Waals surface area contributed by atoms with Gasteiger partial charge in [-0.3, -0.25) is 4.79 Å². The molecule has 0 radical (unpaired) electrons. The summed E-state index contributed by atoms with van der Waals surface area (Å²) in [5.41, 5.74) is 5.60. The number of nitrogens with two attached hydrogens (primary N) is 1. The molecule has 1 aliphatic rings. The fourth-order valence-electron chi connectivity index (χ4n) is 1.45. The van der Waals surface area contributed by atoms with Gasteiger partial charge < -0.3 is 11.1 Å². The van der Waals surface area contributed by atoms with Crippen molar-refractivity contribution in [1.29, 1.82) is 0 Å². The molecule has 0 spiro atoms. The van der Waals surface area contributed by atoms with Crippen LogP contribution in [0.2, 0.25) is 0 Å². The minimum Gasteiger partial charge on any atom is -0.383 e. The first-order valence-corrected chi connectivity index (χ1v) is 4.88. The molecule has 1 aromatic rings. The van der Waals surface area contributed by atoms with E-state index in [1.807, 2.05) is 0 Å². The van der Waals surface area contributed by atoms with Gasteiger partial charge >= 0.3 is 0 Å². The molecule has 1 heterocycles. The number of nitrogens with one attached hydrogen (secondary N) is 1. The van der Waals surface area contributed by atoms with Crippen LogP contribution in [0, 0.1) is 5.82 Å². The third-order valence-corrected chi connectivity index (χ3v) is 2.57. The van der Waals surface area contributed by atoms with Crippen LogP contribution in [0.5, 0.6) is 0 Å². The molecular weight excluding hydrogens is 197 g/mol. The first kappa shape index (κ1) is 9.89. The van der Waals surface area contributed by atoms with Crippen molar-refractivity contribution in [2.45, 2.75) is 25.3 Å². The summed E-state index contributed by atoms with van der Waals surface area (Å²) in [4.78, 5) is 15.2. The van der Waals surface area contributed by atoms with E-state index in [4.69, 9.17) is 5.73 Å². The zero-order valence-corrected chi connectivity index (χ0v) is 8.16. The van der Waals surface area contributed by atoms with Crippen molar-refractivity contribution in [3.63, 3.8) is 0 Å². The third kappa shape index (κ3) is 2.06. The second-order valence-corrected chi connectivity index (χ2v) is 3.69. The van der Waals surface area contributed by atoms with Gasteiger partial charge in [-0.15, -0.1) is 0 Å². The SMILES string of the molecule is Nc1ncc(F)cc1C(=O)NC1CCC1. The smallest absolute Gasteiger partial charge is 0.255 e. The van der Waals surface area contributed by atoms with Gasteiger partial charge in [0.2, 0.25) is 0 Å². The summed E-state index contributed by atoms with van der Waals surface area (Å²) in [6, 6.07) is 1.32. The quantitative estimate of drug-likeness (QED) is 0.766. The standard InChI is InChI=1S/C10H12FN3O/c11-6-4-8(9(12)13-5-6)10(15)14-7-2-1-3-7/h4-5,7H,1-3H2,(H2,12,13)(H,14,15). The van der Waals surface area contributed by atoms with Crippen LogP contribution in [-0.2, 0) is 0 Å². The highest BCUT2D eigenvalue weighted by atomic mass is 19.1. The maximum absolute atomic E-state index is 12.8. The molecule has 1 amide bonds. The lowest BCUT2D eigenvalue weighted by atomic mass is 9.93. The Labute approximate surface area is 86.7 Å². The van der Waals surface area contributed by atoms with Crippen LogP contribution in [0.25, 0.3) is 0 Å². The average Bonchev–Trinajstić information content (AvgIpc) is 2.15. The van der Waals surface area contributed by atoms with Crippen LogP contribution in [0.4, 0.5) is 10.2 Å². The van der Waals surface area contributed by atoms with Gasteiger partial charge in [-0.05, 0) is 25.3 Å². The van der Waals surface area contributed by atoms with E-state index in [2.05, 4.69) is 10.3 Å². The third-order valence-electron chi connectivity index (χ3n) is 2.57. The molecule has 1 aromatic heterocycles. The summed E-state index contributed by atoms with van der Waals surface area (Å²) < 4.78 is 12.8. The number of anilines is 1. The topological polar surface area (TPSA) is 68.0 Å². The van der Waals surface area contributed by atoms with E-state index in [0.29, 0.717) is 0 Å². The van der Waals surface area contributed by atoms with Gasteiger partial charge in [0.05, 0.1) is 11.8 Å². The first-order valence-electron chi connectivity index (χ1n) is 4.88. The molecule has 1 saturated carbocycles. The van der Waals surface area contributed by atoms with E-state index in [1.165, 1.54) is 0 Å². The number of hydrogen-bond acceptors (Lipinski definition) is 3. The lowest BCUT2D eigenvalue weighted by Gasteiger charge is -2.26. The van der Waals surface area contributed by atoms with Crippen molar-refractivity contribution in [2.24, 2.45) is 0 Å². The number of pyridine rings is 1. The van der Waals surface area contributed by atoms with Crippen LogP contribution in [-0.4, -0.2) is 16.9 Å². The van der Waals surface area contributed by atoms with E-state index in [0.717, 1.165) is 31.5 Å². The maximum Gasteiger partial charge on any atom is 0.255 e. The van der Waals surface area contributed by atoms with Gasteiger partial charge in [0.15, 0.2) is 0 Å². The highest BCUT2D eigenvalue weighted by molar-refractivity contribution is 5.98. The molecule has 80 valence electrons. The molecule has 0 atom stereocenters.